The summed E-state index contributed by atoms with van der Waals surface area (Å²) in [5.41, 5.74) is 0.781. The van der Waals surface area contributed by atoms with Crippen molar-refractivity contribution in [3.8, 4) is 0 Å². The summed E-state index contributed by atoms with van der Waals surface area (Å²) < 4.78 is 17.6. The number of hydrogen-bond acceptors (Lipinski definition) is 3. The van der Waals surface area contributed by atoms with Crippen molar-refractivity contribution >= 4 is 12.0 Å². The quantitative estimate of drug-likeness (QED) is 0.845. The second-order valence-corrected chi connectivity index (χ2v) is 4.93. The van der Waals surface area contributed by atoms with Crippen LogP contribution < -0.4 is 10.6 Å². The molecule has 0 aromatic heterocycles. The molecule has 21 heavy (non-hydrogen) atoms. The van der Waals surface area contributed by atoms with Crippen LogP contribution in [-0.2, 0) is 16.1 Å². The minimum atomic E-state index is -0.676. The molecule has 0 spiro atoms. The van der Waals surface area contributed by atoms with Crippen LogP contribution in [0.4, 0.5) is 9.18 Å². The first-order chi connectivity index (χ1) is 9.93. The Bertz CT molecular complexity index is 474. The molecule has 1 rings (SSSR count). The number of amides is 2. The Morgan fingerprint density at radius 2 is 1.86 bits per heavy atom. The van der Waals surface area contributed by atoms with Crippen molar-refractivity contribution in [2.24, 2.45) is 5.92 Å². The van der Waals surface area contributed by atoms with Crippen LogP contribution in [0.15, 0.2) is 24.3 Å². The lowest BCUT2D eigenvalue weighted by Crippen LogP contribution is -2.49. The molecule has 2 amide bonds. The number of hydrogen-bond donors (Lipinski definition) is 2. The van der Waals surface area contributed by atoms with Gasteiger partial charge in [-0.15, -0.1) is 0 Å². The van der Waals surface area contributed by atoms with Gasteiger partial charge in [-0.3, -0.25) is 4.79 Å². The fraction of sp³-hybridized carbons (Fsp3) is 0.467. The van der Waals surface area contributed by atoms with Crippen molar-refractivity contribution < 1.29 is 18.7 Å². The van der Waals surface area contributed by atoms with E-state index in [0.717, 1.165) is 5.56 Å². The lowest BCUT2D eigenvalue weighted by molar-refractivity contribution is -0.124. The summed E-state index contributed by atoms with van der Waals surface area (Å²) in [6.45, 7) is 5.86. The maximum absolute atomic E-state index is 12.8. The minimum absolute atomic E-state index is 0.0809. The topological polar surface area (TPSA) is 67.4 Å². The van der Waals surface area contributed by atoms with Crippen molar-refractivity contribution in [2.75, 3.05) is 6.61 Å². The zero-order valence-electron chi connectivity index (χ0n) is 12.5. The zero-order valence-corrected chi connectivity index (χ0v) is 12.5. The van der Waals surface area contributed by atoms with Crippen LogP contribution in [0.5, 0.6) is 0 Å². The van der Waals surface area contributed by atoms with Crippen molar-refractivity contribution in [2.45, 2.75) is 33.4 Å². The van der Waals surface area contributed by atoms with E-state index < -0.39 is 12.1 Å². The SMILES string of the molecule is CCOC(=O)N[C@@H](C(=O)NCc1ccc(F)cc1)C(C)C. The van der Waals surface area contributed by atoms with Gasteiger partial charge in [-0.2, -0.15) is 0 Å². The molecule has 2 N–H and O–H groups in total. The molecule has 1 atom stereocenters. The summed E-state index contributed by atoms with van der Waals surface area (Å²) in [6.07, 6.45) is -0.617. The molecule has 0 bridgehead atoms. The highest BCUT2D eigenvalue weighted by atomic mass is 19.1. The van der Waals surface area contributed by atoms with Gasteiger partial charge in [0, 0.05) is 6.54 Å². The second-order valence-electron chi connectivity index (χ2n) is 4.93. The molecule has 6 heteroatoms. The third-order valence-corrected chi connectivity index (χ3v) is 2.88. The second kappa shape index (κ2) is 8.24. The summed E-state index contributed by atoms with van der Waals surface area (Å²) in [6, 6.07) is 5.18. The summed E-state index contributed by atoms with van der Waals surface area (Å²) in [4.78, 5) is 23.5. The van der Waals surface area contributed by atoms with Gasteiger partial charge in [-0.1, -0.05) is 26.0 Å². The smallest absolute Gasteiger partial charge is 0.407 e. The molecule has 1 aromatic carbocycles. The first-order valence-corrected chi connectivity index (χ1v) is 6.89. The zero-order chi connectivity index (χ0) is 15.8. The molecule has 5 nitrogen and oxygen atoms in total. The van der Waals surface area contributed by atoms with E-state index >= 15 is 0 Å². The lowest BCUT2D eigenvalue weighted by Gasteiger charge is -2.21. The average molecular weight is 296 g/mol. The highest BCUT2D eigenvalue weighted by molar-refractivity contribution is 5.85. The van der Waals surface area contributed by atoms with Gasteiger partial charge in [0.1, 0.15) is 11.9 Å². The van der Waals surface area contributed by atoms with Crippen molar-refractivity contribution in [1.82, 2.24) is 10.6 Å². The molecule has 0 aliphatic heterocycles. The molecule has 1 aromatic rings. The number of carbonyl (C=O) groups excluding carboxylic acids is 2. The van der Waals surface area contributed by atoms with E-state index in [1.165, 1.54) is 12.1 Å². The summed E-state index contributed by atoms with van der Waals surface area (Å²) in [7, 11) is 0. The Kier molecular flexibility index (Phi) is 6.65. The van der Waals surface area contributed by atoms with Crippen LogP contribution in [0.2, 0.25) is 0 Å². The number of halogens is 1. The Labute approximate surface area is 123 Å². The highest BCUT2D eigenvalue weighted by Crippen LogP contribution is 2.05. The van der Waals surface area contributed by atoms with Gasteiger partial charge in [-0.05, 0) is 30.5 Å². The van der Waals surface area contributed by atoms with E-state index in [-0.39, 0.29) is 30.8 Å². The van der Waals surface area contributed by atoms with E-state index in [4.69, 9.17) is 4.74 Å². The van der Waals surface area contributed by atoms with Crippen LogP contribution in [-0.4, -0.2) is 24.6 Å². The normalized spacial score (nSPS) is 11.9. The number of rotatable bonds is 6. The van der Waals surface area contributed by atoms with E-state index in [1.807, 2.05) is 13.8 Å². The first-order valence-electron chi connectivity index (χ1n) is 6.89. The molecule has 0 heterocycles. The van der Waals surface area contributed by atoms with E-state index in [1.54, 1.807) is 19.1 Å². The molecule has 0 fully saturated rings. The standard InChI is InChI=1S/C15H21FN2O3/c1-4-21-15(20)18-13(10(2)3)14(19)17-9-11-5-7-12(16)8-6-11/h5-8,10,13H,4,9H2,1-3H3,(H,17,19)(H,18,20)/t13-/m1/s1. The summed E-state index contributed by atoms with van der Waals surface area (Å²) in [5.74, 6) is -0.709. The average Bonchev–Trinajstić information content (AvgIpc) is 2.44. The number of nitrogens with one attached hydrogen (secondary N) is 2. The molecule has 0 saturated carbocycles. The summed E-state index contributed by atoms with van der Waals surface area (Å²) in [5, 5.41) is 5.24. The Hall–Kier alpha value is -2.11. The van der Waals surface area contributed by atoms with Crippen LogP contribution >= 0.6 is 0 Å². The fourth-order valence-electron chi connectivity index (χ4n) is 1.74. The van der Waals surface area contributed by atoms with Crippen molar-refractivity contribution in [3.63, 3.8) is 0 Å². The van der Waals surface area contributed by atoms with E-state index in [0.29, 0.717) is 0 Å². The molecule has 0 radical (unpaired) electrons. The summed E-state index contributed by atoms with van der Waals surface area (Å²) >= 11 is 0. The molecule has 0 unspecified atom stereocenters. The van der Waals surface area contributed by atoms with Crippen LogP contribution in [0.3, 0.4) is 0 Å². The molecule has 0 saturated heterocycles. The Morgan fingerprint density at radius 1 is 1.24 bits per heavy atom. The molecule has 0 aliphatic carbocycles. The third-order valence-electron chi connectivity index (χ3n) is 2.88. The maximum atomic E-state index is 12.8. The van der Waals surface area contributed by atoms with Gasteiger partial charge in [0.25, 0.3) is 0 Å². The van der Waals surface area contributed by atoms with Crippen LogP contribution in [0, 0.1) is 11.7 Å². The van der Waals surface area contributed by atoms with Crippen molar-refractivity contribution in [1.29, 1.82) is 0 Å². The van der Waals surface area contributed by atoms with Gasteiger partial charge in [0.15, 0.2) is 0 Å². The van der Waals surface area contributed by atoms with Crippen molar-refractivity contribution in [3.05, 3.63) is 35.6 Å². The molecule has 116 valence electrons. The Morgan fingerprint density at radius 3 is 2.38 bits per heavy atom. The maximum Gasteiger partial charge on any atom is 0.407 e. The minimum Gasteiger partial charge on any atom is -0.450 e. The number of carbonyl (C=O) groups is 2. The third kappa shape index (κ3) is 5.81. The van der Waals surface area contributed by atoms with Crippen LogP contribution in [0.25, 0.3) is 0 Å². The predicted octanol–water partition coefficient (Wildman–Crippen LogP) is 2.21. The highest BCUT2D eigenvalue weighted by Gasteiger charge is 2.24. The monoisotopic (exact) mass is 296 g/mol. The van der Waals surface area contributed by atoms with E-state index in [9.17, 15) is 14.0 Å². The van der Waals surface area contributed by atoms with Gasteiger partial charge in [0.05, 0.1) is 6.61 Å². The van der Waals surface area contributed by atoms with Crippen LogP contribution in [0.1, 0.15) is 26.3 Å². The largest absolute Gasteiger partial charge is 0.450 e. The van der Waals surface area contributed by atoms with Gasteiger partial charge < -0.3 is 15.4 Å². The van der Waals surface area contributed by atoms with Gasteiger partial charge in [0.2, 0.25) is 5.91 Å². The molecule has 0 aliphatic rings. The van der Waals surface area contributed by atoms with E-state index in [2.05, 4.69) is 10.6 Å². The van der Waals surface area contributed by atoms with Gasteiger partial charge >= 0.3 is 6.09 Å². The predicted molar refractivity (Wildman–Crippen MR) is 77.0 cm³/mol. The number of ether oxygens (including phenoxy) is 1. The molecular formula is C15H21FN2O3. The van der Waals surface area contributed by atoms with Gasteiger partial charge in [-0.25, -0.2) is 9.18 Å². The molecular weight excluding hydrogens is 275 g/mol. The Balaban J connectivity index is 2.56. The fourth-order valence-corrected chi connectivity index (χ4v) is 1.74. The number of benzene rings is 1. The first kappa shape index (κ1) is 16.9. The lowest BCUT2D eigenvalue weighted by atomic mass is 10.0. The number of alkyl carbamates (subject to hydrolysis) is 1.